The Morgan fingerprint density at radius 3 is 2.51 bits per heavy atom. The standard InChI is InChI=1S/C25H29F2N5O3/c1-25(2,3)35-24(33)31-20-6-4-16(5-7-20)14-34-22-12-28-15-29-23(22)17-11-30-32(13-17)21-9-18(26)8-19(27)10-21/h8-13,15-16,20H,4-7,14H2,1-3H3,(H,31,33)/t16-,20+. The number of rotatable bonds is 6. The molecule has 0 aliphatic heterocycles. The second-order valence-electron chi connectivity index (χ2n) is 9.71. The van der Waals surface area contributed by atoms with Gasteiger partial charge >= 0.3 is 6.09 Å². The van der Waals surface area contributed by atoms with E-state index in [0.29, 0.717) is 29.5 Å². The maximum Gasteiger partial charge on any atom is 0.407 e. The van der Waals surface area contributed by atoms with Crippen LogP contribution in [0.1, 0.15) is 46.5 Å². The van der Waals surface area contributed by atoms with Crippen LogP contribution in [0, 0.1) is 17.6 Å². The Labute approximate surface area is 202 Å². The molecule has 8 nitrogen and oxygen atoms in total. The predicted molar refractivity (Wildman–Crippen MR) is 125 cm³/mol. The molecule has 0 spiro atoms. The van der Waals surface area contributed by atoms with Crippen LogP contribution >= 0.6 is 0 Å². The molecule has 4 rings (SSSR count). The van der Waals surface area contributed by atoms with Gasteiger partial charge < -0.3 is 14.8 Å². The molecule has 1 aromatic carbocycles. The monoisotopic (exact) mass is 485 g/mol. The maximum absolute atomic E-state index is 13.6. The number of carbonyl (C=O) groups is 1. The first-order valence-corrected chi connectivity index (χ1v) is 11.6. The van der Waals surface area contributed by atoms with Crippen LogP contribution in [0.25, 0.3) is 16.9 Å². The maximum atomic E-state index is 13.6. The lowest BCUT2D eigenvalue weighted by atomic mass is 9.86. The van der Waals surface area contributed by atoms with Crippen molar-refractivity contribution >= 4 is 6.09 Å². The van der Waals surface area contributed by atoms with Gasteiger partial charge in [0, 0.05) is 23.9 Å². The van der Waals surface area contributed by atoms with Gasteiger partial charge in [0.2, 0.25) is 0 Å². The lowest BCUT2D eigenvalue weighted by Crippen LogP contribution is -2.41. The van der Waals surface area contributed by atoms with Crippen molar-refractivity contribution < 1.29 is 23.0 Å². The average Bonchev–Trinajstić information content (AvgIpc) is 3.27. The molecule has 3 aromatic rings. The Kier molecular flexibility index (Phi) is 7.28. The number of carbonyl (C=O) groups excluding carboxylic acids is 1. The molecule has 1 amide bonds. The fraction of sp³-hybridized carbons (Fsp3) is 0.440. The van der Waals surface area contributed by atoms with Gasteiger partial charge in [-0.1, -0.05) is 0 Å². The lowest BCUT2D eigenvalue weighted by molar-refractivity contribution is 0.0483. The number of nitrogens with zero attached hydrogens (tertiary/aromatic N) is 4. The summed E-state index contributed by atoms with van der Waals surface area (Å²) in [6, 6.07) is 3.30. The largest absolute Gasteiger partial charge is 0.489 e. The SMILES string of the molecule is CC(C)(C)OC(=O)N[C@H]1CC[C@@H](COc2cncnc2-c2cnn(-c3cc(F)cc(F)c3)c2)CC1. The summed E-state index contributed by atoms with van der Waals surface area (Å²) >= 11 is 0. The van der Waals surface area contributed by atoms with Crippen molar-refractivity contribution in [2.75, 3.05) is 6.61 Å². The van der Waals surface area contributed by atoms with Crippen molar-refractivity contribution in [1.29, 1.82) is 0 Å². The minimum atomic E-state index is -0.681. The van der Waals surface area contributed by atoms with Crippen molar-refractivity contribution in [3.8, 4) is 22.7 Å². The number of alkyl carbamates (subject to hydrolysis) is 1. The number of halogens is 2. The molecule has 0 saturated heterocycles. The Hall–Kier alpha value is -3.56. The lowest BCUT2D eigenvalue weighted by Gasteiger charge is -2.30. The molecule has 1 aliphatic carbocycles. The summed E-state index contributed by atoms with van der Waals surface area (Å²) in [4.78, 5) is 20.4. The molecule has 0 radical (unpaired) electrons. The van der Waals surface area contributed by atoms with Crippen LogP contribution in [0.2, 0.25) is 0 Å². The highest BCUT2D eigenvalue weighted by atomic mass is 19.1. The van der Waals surface area contributed by atoms with Crippen LogP contribution in [-0.4, -0.2) is 44.1 Å². The molecule has 1 fully saturated rings. The molecule has 10 heteroatoms. The average molecular weight is 486 g/mol. The van der Waals surface area contributed by atoms with E-state index in [2.05, 4.69) is 20.4 Å². The number of hydrogen-bond acceptors (Lipinski definition) is 6. The van der Waals surface area contributed by atoms with Crippen LogP contribution in [0.4, 0.5) is 13.6 Å². The quantitative estimate of drug-likeness (QED) is 0.524. The van der Waals surface area contributed by atoms with Gasteiger partial charge in [0.25, 0.3) is 0 Å². The predicted octanol–water partition coefficient (Wildman–Crippen LogP) is 5.07. The molecular formula is C25H29F2N5O3. The number of hydrogen-bond donors (Lipinski definition) is 1. The van der Waals surface area contributed by atoms with Crippen molar-refractivity contribution in [2.45, 2.75) is 58.1 Å². The van der Waals surface area contributed by atoms with E-state index in [4.69, 9.17) is 9.47 Å². The minimum absolute atomic E-state index is 0.0928. The summed E-state index contributed by atoms with van der Waals surface area (Å²) in [5.74, 6) is -0.526. The van der Waals surface area contributed by atoms with Gasteiger partial charge in [0.15, 0.2) is 5.75 Å². The zero-order chi connectivity index (χ0) is 25.0. The zero-order valence-electron chi connectivity index (χ0n) is 20.0. The van der Waals surface area contributed by atoms with Gasteiger partial charge in [-0.15, -0.1) is 0 Å². The second-order valence-corrected chi connectivity index (χ2v) is 9.71. The first kappa shape index (κ1) is 24.6. The van der Waals surface area contributed by atoms with Gasteiger partial charge in [0.1, 0.15) is 29.3 Å². The fourth-order valence-corrected chi connectivity index (χ4v) is 4.05. The Bertz CT molecular complexity index is 1150. The van der Waals surface area contributed by atoms with E-state index >= 15 is 0 Å². The summed E-state index contributed by atoms with van der Waals surface area (Å²) in [6.45, 7) is 6.01. The number of benzene rings is 1. The van der Waals surface area contributed by atoms with Crippen molar-refractivity contribution in [2.24, 2.45) is 5.92 Å². The highest BCUT2D eigenvalue weighted by Crippen LogP contribution is 2.30. The zero-order valence-corrected chi connectivity index (χ0v) is 20.0. The molecule has 2 aromatic heterocycles. The van der Waals surface area contributed by atoms with Crippen molar-refractivity contribution in [1.82, 2.24) is 25.1 Å². The molecule has 0 atom stereocenters. The summed E-state index contributed by atoms with van der Waals surface area (Å²) < 4.78 is 40.0. The molecular weight excluding hydrogens is 456 g/mol. The van der Waals surface area contributed by atoms with Gasteiger partial charge in [-0.05, 0) is 64.5 Å². The summed E-state index contributed by atoms with van der Waals surface area (Å²) in [5.41, 5.74) is 0.928. The molecule has 1 N–H and O–H groups in total. The number of ether oxygens (including phenoxy) is 2. The summed E-state index contributed by atoms with van der Waals surface area (Å²) in [7, 11) is 0. The van der Waals surface area contributed by atoms with Crippen LogP contribution < -0.4 is 10.1 Å². The van der Waals surface area contributed by atoms with E-state index < -0.39 is 17.2 Å². The van der Waals surface area contributed by atoms with E-state index in [1.165, 1.54) is 23.1 Å². The van der Waals surface area contributed by atoms with Crippen molar-refractivity contribution in [3.63, 3.8) is 0 Å². The molecule has 0 bridgehead atoms. The van der Waals surface area contributed by atoms with Gasteiger partial charge in [-0.2, -0.15) is 5.10 Å². The van der Waals surface area contributed by atoms with Crippen LogP contribution in [0.15, 0.2) is 43.1 Å². The smallest absolute Gasteiger partial charge is 0.407 e. The Balaban J connectivity index is 1.35. The Morgan fingerprint density at radius 1 is 1.11 bits per heavy atom. The first-order chi connectivity index (χ1) is 16.7. The molecule has 35 heavy (non-hydrogen) atoms. The third kappa shape index (κ3) is 6.74. The highest BCUT2D eigenvalue weighted by molar-refractivity contribution is 5.68. The molecule has 186 valence electrons. The number of amides is 1. The molecule has 0 unspecified atom stereocenters. The highest BCUT2D eigenvalue weighted by Gasteiger charge is 2.25. The van der Waals surface area contributed by atoms with E-state index in [-0.39, 0.29) is 17.8 Å². The second kappa shape index (κ2) is 10.4. The summed E-state index contributed by atoms with van der Waals surface area (Å²) in [6.07, 6.45) is 9.34. The van der Waals surface area contributed by atoms with Gasteiger partial charge in [-0.25, -0.2) is 28.2 Å². The van der Waals surface area contributed by atoms with Crippen LogP contribution in [0.3, 0.4) is 0 Å². The third-order valence-corrected chi connectivity index (χ3v) is 5.69. The fourth-order valence-electron chi connectivity index (χ4n) is 4.05. The number of aromatic nitrogens is 4. The van der Waals surface area contributed by atoms with E-state index in [1.54, 1.807) is 18.6 Å². The van der Waals surface area contributed by atoms with Gasteiger partial charge in [-0.3, -0.25) is 0 Å². The molecule has 2 heterocycles. The van der Waals surface area contributed by atoms with E-state index in [1.807, 2.05) is 20.8 Å². The Morgan fingerprint density at radius 2 is 1.83 bits per heavy atom. The molecule has 1 aliphatic rings. The summed E-state index contributed by atoms with van der Waals surface area (Å²) in [5, 5.41) is 7.16. The van der Waals surface area contributed by atoms with E-state index in [9.17, 15) is 13.6 Å². The van der Waals surface area contributed by atoms with Crippen molar-refractivity contribution in [3.05, 3.63) is 54.8 Å². The van der Waals surface area contributed by atoms with E-state index in [0.717, 1.165) is 31.7 Å². The normalized spacial score (nSPS) is 18.2. The minimum Gasteiger partial charge on any atom is -0.489 e. The van der Waals surface area contributed by atoms with Crippen LogP contribution in [-0.2, 0) is 4.74 Å². The molecule has 1 saturated carbocycles. The topological polar surface area (TPSA) is 91.2 Å². The van der Waals surface area contributed by atoms with Gasteiger partial charge in [0.05, 0.1) is 24.7 Å². The third-order valence-electron chi connectivity index (χ3n) is 5.69. The van der Waals surface area contributed by atoms with Crippen LogP contribution in [0.5, 0.6) is 5.75 Å². The first-order valence-electron chi connectivity index (χ1n) is 11.6. The number of nitrogens with one attached hydrogen (secondary N) is 1.